The van der Waals surface area contributed by atoms with Gasteiger partial charge in [0, 0.05) is 11.4 Å². The Bertz CT molecular complexity index is 197. The van der Waals surface area contributed by atoms with Gasteiger partial charge in [0.2, 0.25) is 0 Å². The molecule has 0 amide bonds. The molecule has 0 saturated carbocycles. The monoisotopic (exact) mass is 135 g/mol. The molecular weight excluding hydrogens is 122 g/mol. The van der Waals surface area contributed by atoms with Crippen molar-refractivity contribution in [2.75, 3.05) is 0 Å². The third kappa shape index (κ3) is 1.50. The molecule has 1 aliphatic heterocycles. The zero-order valence-electron chi connectivity index (χ0n) is 6.52. The summed E-state index contributed by atoms with van der Waals surface area (Å²) in [7, 11) is 0. The molecular formula is C9H13N. The van der Waals surface area contributed by atoms with Crippen molar-refractivity contribution in [3.8, 4) is 0 Å². The van der Waals surface area contributed by atoms with Crippen LogP contribution in [-0.2, 0) is 0 Å². The normalized spacial score (nSPS) is 17.1. The third-order valence-electron chi connectivity index (χ3n) is 1.50. The van der Waals surface area contributed by atoms with Crippen molar-refractivity contribution in [2.45, 2.75) is 13.8 Å². The zero-order chi connectivity index (χ0) is 7.56. The lowest BCUT2D eigenvalue weighted by atomic mass is 10.1. The minimum absolute atomic E-state index is 0.557. The van der Waals surface area contributed by atoms with E-state index in [4.69, 9.17) is 0 Å². The average molecular weight is 135 g/mol. The van der Waals surface area contributed by atoms with Gasteiger partial charge in [0.25, 0.3) is 0 Å². The molecule has 1 heteroatoms. The average Bonchev–Trinajstić information content (AvgIpc) is 1.88. The molecule has 1 N–H and O–H groups in total. The van der Waals surface area contributed by atoms with E-state index in [0.29, 0.717) is 5.92 Å². The summed E-state index contributed by atoms with van der Waals surface area (Å²) in [6.45, 7) is 8.12. The first-order chi connectivity index (χ1) is 4.70. The number of hydrogen-bond acceptors (Lipinski definition) is 1. The summed E-state index contributed by atoms with van der Waals surface area (Å²) in [6, 6.07) is 0. The van der Waals surface area contributed by atoms with Gasteiger partial charge < -0.3 is 5.32 Å². The van der Waals surface area contributed by atoms with Gasteiger partial charge in [-0.05, 0) is 18.1 Å². The standard InChI is InChI=1S/C9H13N/c1-7(2)9-6-4-5-8(3)10-9/h4-7,10H,3H2,1-2H3. The van der Waals surface area contributed by atoms with E-state index in [1.54, 1.807) is 0 Å². The van der Waals surface area contributed by atoms with Crippen LogP contribution < -0.4 is 5.32 Å². The summed E-state index contributed by atoms with van der Waals surface area (Å²) in [4.78, 5) is 0. The number of allylic oxidation sites excluding steroid dienone is 4. The minimum Gasteiger partial charge on any atom is -0.359 e. The van der Waals surface area contributed by atoms with Crippen LogP contribution in [-0.4, -0.2) is 0 Å². The molecule has 0 aliphatic carbocycles. The van der Waals surface area contributed by atoms with Crippen LogP contribution in [0.1, 0.15) is 13.8 Å². The van der Waals surface area contributed by atoms with Gasteiger partial charge in [0.1, 0.15) is 0 Å². The highest BCUT2D eigenvalue weighted by Crippen LogP contribution is 2.11. The van der Waals surface area contributed by atoms with Crippen LogP contribution in [0.5, 0.6) is 0 Å². The van der Waals surface area contributed by atoms with Crippen LogP contribution in [0.3, 0.4) is 0 Å². The van der Waals surface area contributed by atoms with Crippen molar-refractivity contribution in [3.63, 3.8) is 0 Å². The Morgan fingerprint density at radius 3 is 2.60 bits per heavy atom. The molecule has 0 saturated heterocycles. The van der Waals surface area contributed by atoms with Gasteiger partial charge in [-0.15, -0.1) is 0 Å². The molecule has 54 valence electrons. The van der Waals surface area contributed by atoms with E-state index in [1.165, 1.54) is 5.70 Å². The Labute approximate surface area is 62.1 Å². The second kappa shape index (κ2) is 2.74. The maximum atomic E-state index is 3.81. The zero-order valence-corrected chi connectivity index (χ0v) is 6.52. The van der Waals surface area contributed by atoms with Gasteiger partial charge >= 0.3 is 0 Å². The smallest absolute Gasteiger partial charge is 0.0308 e. The van der Waals surface area contributed by atoms with Gasteiger partial charge in [-0.1, -0.05) is 26.5 Å². The van der Waals surface area contributed by atoms with E-state index < -0.39 is 0 Å². The van der Waals surface area contributed by atoms with E-state index in [2.05, 4.69) is 31.8 Å². The van der Waals surface area contributed by atoms with Crippen molar-refractivity contribution >= 4 is 0 Å². The van der Waals surface area contributed by atoms with E-state index in [1.807, 2.05) is 12.2 Å². The highest BCUT2D eigenvalue weighted by Gasteiger charge is 2.03. The third-order valence-corrected chi connectivity index (χ3v) is 1.50. The molecule has 0 unspecified atom stereocenters. The van der Waals surface area contributed by atoms with Crippen LogP contribution in [0.4, 0.5) is 0 Å². The number of dihydropyridines is 1. The molecule has 0 fully saturated rings. The highest BCUT2D eigenvalue weighted by molar-refractivity contribution is 5.30. The lowest BCUT2D eigenvalue weighted by molar-refractivity contribution is 0.702. The van der Waals surface area contributed by atoms with Crippen molar-refractivity contribution < 1.29 is 0 Å². The SMILES string of the molecule is C=C1C=CC=C(C(C)C)N1. The van der Waals surface area contributed by atoms with E-state index in [0.717, 1.165) is 5.70 Å². The molecule has 0 atom stereocenters. The maximum absolute atomic E-state index is 3.81. The van der Waals surface area contributed by atoms with Crippen molar-refractivity contribution in [2.24, 2.45) is 5.92 Å². The van der Waals surface area contributed by atoms with Gasteiger partial charge in [0.15, 0.2) is 0 Å². The first kappa shape index (κ1) is 7.13. The predicted octanol–water partition coefficient (Wildman–Crippen LogP) is 2.20. The lowest BCUT2D eigenvalue weighted by Gasteiger charge is -2.16. The Hall–Kier alpha value is -0.980. The number of rotatable bonds is 1. The fourth-order valence-electron chi connectivity index (χ4n) is 0.873. The molecule has 1 aliphatic rings. The Morgan fingerprint density at radius 2 is 2.20 bits per heavy atom. The van der Waals surface area contributed by atoms with Crippen molar-refractivity contribution in [1.29, 1.82) is 0 Å². The van der Waals surface area contributed by atoms with E-state index in [9.17, 15) is 0 Å². The van der Waals surface area contributed by atoms with Crippen LogP contribution in [0, 0.1) is 5.92 Å². The van der Waals surface area contributed by atoms with E-state index >= 15 is 0 Å². The summed E-state index contributed by atoms with van der Waals surface area (Å²) in [5.41, 5.74) is 2.22. The molecule has 0 spiro atoms. The first-order valence-electron chi connectivity index (χ1n) is 3.54. The molecule has 0 aromatic heterocycles. The summed E-state index contributed by atoms with van der Waals surface area (Å²) in [5.74, 6) is 0.557. The summed E-state index contributed by atoms with van der Waals surface area (Å²) in [5, 5.41) is 3.20. The largest absolute Gasteiger partial charge is 0.359 e. The molecule has 0 aromatic carbocycles. The van der Waals surface area contributed by atoms with Crippen LogP contribution in [0.25, 0.3) is 0 Å². The summed E-state index contributed by atoms with van der Waals surface area (Å²) in [6.07, 6.45) is 6.07. The van der Waals surface area contributed by atoms with Gasteiger partial charge in [0.05, 0.1) is 0 Å². The Balaban J connectivity index is 2.70. The number of hydrogen-bond donors (Lipinski definition) is 1. The molecule has 1 nitrogen and oxygen atoms in total. The fourth-order valence-corrected chi connectivity index (χ4v) is 0.873. The summed E-state index contributed by atoms with van der Waals surface area (Å²) < 4.78 is 0. The van der Waals surface area contributed by atoms with Gasteiger partial charge in [-0.25, -0.2) is 0 Å². The van der Waals surface area contributed by atoms with E-state index in [-0.39, 0.29) is 0 Å². The van der Waals surface area contributed by atoms with Gasteiger partial charge in [-0.2, -0.15) is 0 Å². The minimum atomic E-state index is 0.557. The first-order valence-corrected chi connectivity index (χ1v) is 3.54. The topological polar surface area (TPSA) is 12.0 Å². The van der Waals surface area contributed by atoms with Crippen LogP contribution >= 0.6 is 0 Å². The molecule has 0 aromatic rings. The van der Waals surface area contributed by atoms with Crippen LogP contribution in [0.15, 0.2) is 36.2 Å². The molecule has 0 bridgehead atoms. The maximum Gasteiger partial charge on any atom is 0.0308 e. The molecule has 0 radical (unpaired) electrons. The molecule has 1 rings (SSSR count). The second-order valence-electron chi connectivity index (χ2n) is 2.79. The molecule has 10 heavy (non-hydrogen) atoms. The highest BCUT2D eigenvalue weighted by atomic mass is 14.9. The van der Waals surface area contributed by atoms with Gasteiger partial charge in [-0.3, -0.25) is 0 Å². The fraction of sp³-hybridized carbons (Fsp3) is 0.333. The quantitative estimate of drug-likeness (QED) is 0.581. The Morgan fingerprint density at radius 1 is 1.50 bits per heavy atom. The molecule has 1 heterocycles. The van der Waals surface area contributed by atoms with Crippen molar-refractivity contribution in [1.82, 2.24) is 5.32 Å². The van der Waals surface area contributed by atoms with Crippen molar-refractivity contribution in [3.05, 3.63) is 36.2 Å². The predicted molar refractivity (Wildman–Crippen MR) is 44.3 cm³/mol. The number of nitrogens with one attached hydrogen (secondary N) is 1. The summed E-state index contributed by atoms with van der Waals surface area (Å²) >= 11 is 0. The Kier molecular flexibility index (Phi) is 1.95. The second-order valence-corrected chi connectivity index (χ2v) is 2.79. The van der Waals surface area contributed by atoms with Crippen LogP contribution in [0.2, 0.25) is 0 Å². The lowest BCUT2D eigenvalue weighted by Crippen LogP contribution is -2.16.